The molecule has 1 aliphatic heterocycles. The number of methoxy groups -OCH3 is 1. The van der Waals surface area contributed by atoms with Crippen LogP contribution in [0.15, 0.2) is 11.6 Å². The van der Waals surface area contributed by atoms with E-state index in [1.807, 2.05) is 11.0 Å². The van der Waals surface area contributed by atoms with Crippen LogP contribution in [-0.4, -0.2) is 45.7 Å². The van der Waals surface area contributed by atoms with Crippen molar-refractivity contribution in [2.45, 2.75) is 69.9 Å². The Labute approximate surface area is 149 Å². The Bertz CT molecular complexity index is 654. The molecular formula is C19H28N4O2. The second kappa shape index (κ2) is 6.90. The molecule has 2 atom stereocenters. The van der Waals surface area contributed by atoms with E-state index < -0.39 is 0 Å². The maximum atomic E-state index is 12.9. The zero-order valence-electron chi connectivity index (χ0n) is 15.2. The summed E-state index contributed by atoms with van der Waals surface area (Å²) in [4.78, 5) is 19.5. The maximum Gasteiger partial charge on any atom is 0.247 e. The monoisotopic (exact) mass is 344 g/mol. The lowest BCUT2D eigenvalue weighted by Crippen LogP contribution is -2.31. The number of carbonyl (C=O) groups excluding carboxylic acids is 1. The second-order valence-electron chi connectivity index (χ2n) is 7.94. The van der Waals surface area contributed by atoms with Gasteiger partial charge in [0.25, 0.3) is 0 Å². The van der Waals surface area contributed by atoms with Crippen LogP contribution in [0.3, 0.4) is 0 Å². The van der Waals surface area contributed by atoms with Crippen molar-refractivity contribution in [1.29, 1.82) is 0 Å². The molecule has 3 aliphatic rings. The van der Waals surface area contributed by atoms with Gasteiger partial charge in [-0.25, -0.2) is 4.98 Å². The van der Waals surface area contributed by atoms with Crippen molar-refractivity contribution in [2.24, 2.45) is 5.92 Å². The maximum absolute atomic E-state index is 12.9. The van der Waals surface area contributed by atoms with Gasteiger partial charge in [-0.3, -0.25) is 9.89 Å². The Morgan fingerprint density at radius 3 is 2.72 bits per heavy atom. The average Bonchev–Trinajstić information content (AvgIpc) is 3.19. The fourth-order valence-electron chi connectivity index (χ4n) is 3.97. The first-order valence-corrected chi connectivity index (χ1v) is 9.59. The number of nitrogens with zero attached hydrogens (tertiary/aromatic N) is 3. The van der Waals surface area contributed by atoms with E-state index in [0.29, 0.717) is 12.5 Å². The fraction of sp³-hybridized carbons (Fsp3) is 0.737. The number of H-pyrrole nitrogens is 1. The highest BCUT2D eigenvalue weighted by Gasteiger charge is 2.38. The molecule has 1 saturated heterocycles. The number of hydrogen-bond donors (Lipinski definition) is 1. The second-order valence-corrected chi connectivity index (χ2v) is 7.94. The van der Waals surface area contributed by atoms with E-state index in [9.17, 15) is 4.79 Å². The molecule has 1 aromatic rings. The minimum absolute atomic E-state index is 0.0585. The average molecular weight is 344 g/mol. The molecule has 1 aromatic heterocycles. The highest BCUT2D eigenvalue weighted by atomic mass is 16.5. The third kappa shape index (κ3) is 3.64. The number of nitrogens with one attached hydrogen (secondary N) is 1. The minimum Gasteiger partial charge on any atom is -0.380 e. The van der Waals surface area contributed by atoms with Gasteiger partial charge in [-0.2, -0.15) is 5.10 Å². The molecule has 4 rings (SSSR count). The third-order valence-electron chi connectivity index (χ3n) is 5.90. The predicted octanol–water partition coefficient (Wildman–Crippen LogP) is 3.11. The van der Waals surface area contributed by atoms with Crippen LogP contribution in [0.25, 0.3) is 0 Å². The number of likely N-dealkylation sites (tertiary alicyclic amines) is 1. The van der Waals surface area contributed by atoms with Crippen LogP contribution < -0.4 is 0 Å². The van der Waals surface area contributed by atoms with Crippen molar-refractivity contribution < 1.29 is 9.53 Å². The van der Waals surface area contributed by atoms with Crippen LogP contribution in [0.5, 0.6) is 0 Å². The lowest BCUT2D eigenvalue weighted by atomic mass is 9.87. The lowest BCUT2D eigenvalue weighted by Gasteiger charge is -2.24. The zero-order chi connectivity index (χ0) is 17.4. The van der Waals surface area contributed by atoms with Crippen molar-refractivity contribution in [2.75, 3.05) is 13.7 Å². The van der Waals surface area contributed by atoms with Crippen LogP contribution >= 0.6 is 0 Å². The number of aromatic amines is 1. The molecule has 2 saturated carbocycles. The van der Waals surface area contributed by atoms with Crippen molar-refractivity contribution in [3.05, 3.63) is 23.3 Å². The summed E-state index contributed by atoms with van der Waals surface area (Å²) in [5, 5.41) is 7.44. The summed E-state index contributed by atoms with van der Waals surface area (Å²) >= 11 is 0. The fourth-order valence-corrected chi connectivity index (χ4v) is 3.97. The van der Waals surface area contributed by atoms with E-state index in [1.54, 1.807) is 7.11 Å². The Morgan fingerprint density at radius 2 is 2.04 bits per heavy atom. The highest BCUT2D eigenvalue weighted by molar-refractivity contribution is 5.89. The highest BCUT2D eigenvalue weighted by Crippen LogP contribution is 2.39. The summed E-state index contributed by atoms with van der Waals surface area (Å²) in [7, 11) is 1.71. The molecule has 2 heterocycles. The molecule has 0 radical (unpaired) electrons. The molecule has 25 heavy (non-hydrogen) atoms. The molecule has 0 spiro atoms. The van der Waals surface area contributed by atoms with Crippen LogP contribution in [0.4, 0.5) is 0 Å². The van der Waals surface area contributed by atoms with Gasteiger partial charge in [0, 0.05) is 32.1 Å². The van der Waals surface area contributed by atoms with E-state index in [4.69, 9.17) is 4.74 Å². The van der Waals surface area contributed by atoms with Crippen molar-refractivity contribution in [1.82, 2.24) is 20.1 Å². The molecule has 136 valence electrons. The van der Waals surface area contributed by atoms with Gasteiger partial charge in [0.05, 0.1) is 12.1 Å². The van der Waals surface area contributed by atoms with Crippen molar-refractivity contribution in [3.8, 4) is 0 Å². The van der Waals surface area contributed by atoms with Gasteiger partial charge < -0.3 is 9.64 Å². The number of carbonyl (C=O) groups is 1. The van der Waals surface area contributed by atoms with Gasteiger partial charge >= 0.3 is 0 Å². The molecule has 2 aliphatic carbocycles. The van der Waals surface area contributed by atoms with Gasteiger partial charge in [-0.1, -0.05) is 12.5 Å². The first kappa shape index (κ1) is 16.8. The predicted molar refractivity (Wildman–Crippen MR) is 93.9 cm³/mol. The SMILES string of the molecule is CO[C@@H]1C[C@@H](c2nc(C3CC3)n[nH]2)N(C(=O)C=C2CCC(C)CC2)C1. The number of ether oxygens (including phenoxy) is 1. The molecule has 0 unspecified atom stereocenters. The molecular weight excluding hydrogens is 316 g/mol. The largest absolute Gasteiger partial charge is 0.380 e. The van der Waals surface area contributed by atoms with E-state index in [0.717, 1.165) is 36.8 Å². The van der Waals surface area contributed by atoms with Crippen LogP contribution in [0, 0.1) is 5.92 Å². The van der Waals surface area contributed by atoms with Crippen LogP contribution in [0.1, 0.15) is 75.5 Å². The first-order valence-electron chi connectivity index (χ1n) is 9.59. The Morgan fingerprint density at radius 1 is 1.28 bits per heavy atom. The number of amides is 1. The third-order valence-corrected chi connectivity index (χ3v) is 5.90. The molecule has 1 N–H and O–H groups in total. The minimum atomic E-state index is -0.0585. The first-order chi connectivity index (χ1) is 12.1. The van der Waals surface area contributed by atoms with Gasteiger partial charge in [0.2, 0.25) is 5.91 Å². The number of allylic oxidation sites excluding steroid dienone is 1. The number of rotatable bonds is 4. The van der Waals surface area contributed by atoms with Gasteiger partial charge in [0.1, 0.15) is 5.82 Å². The molecule has 0 aromatic carbocycles. The summed E-state index contributed by atoms with van der Waals surface area (Å²) in [6.45, 7) is 2.92. The van der Waals surface area contributed by atoms with E-state index >= 15 is 0 Å². The summed E-state index contributed by atoms with van der Waals surface area (Å²) in [6.07, 6.45) is 9.54. The van der Waals surface area contributed by atoms with Gasteiger partial charge in [-0.15, -0.1) is 0 Å². The molecule has 6 nitrogen and oxygen atoms in total. The standard InChI is InChI=1S/C19H28N4O2/c1-12-3-5-13(6-4-12)9-17(24)23-11-15(25-2)10-16(23)19-20-18(21-22-19)14-7-8-14/h9,12,14-16H,3-8,10-11H2,1-2H3,(H,20,21,22)/t12?,15-,16+/m1/s1. The van der Waals surface area contributed by atoms with E-state index in [2.05, 4.69) is 22.1 Å². The normalized spacial score (nSPS) is 29.9. The summed E-state index contributed by atoms with van der Waals surface area (Å²) in [6, 6.07) is -0.0585. The van der Waals surface area contributed by atoms with E-state index in [1.165, 1.54) is 31.3 Å². The summed E-state index contributed by atoms with van der Waals surface area (Å²) in [5.74, 6) is 3.10. The van der Waals surface area contributed by atoms with Gasteiger partial charge in [-0.05, 0) is 44.4 Å². The topological polar surface area (TPSA) is 71.1 Å². The van der Waals surface area contributed by atoms with Gasteiger partial charge in [0.15, 0.2) is 5.82 Å². The Kier molecular flexibility index (Phi) is 4.63. The summed E-state index contributed by atoms with van der Waals surface area (Å²) in [5.41, 5.74) is 1.29. The smallest absolute Gasteiger partial charge is 0.247 e. The quantitative estimate of drug-likeness (QED) is 0.852. The van der Waals surface area contributed by atoms with Crippen molar-refractivity contribution >= 4 is 5.91 Å². The molecule has 3 fully saturated rings. The molecule has 0 bridgehead atoms. The van der Waals surface area contributed by atoms with E-state index in [-0.39, 0.29) is 18.1 Å². The number of hydrogen-bond acceptors (Lipinski definition) is 4. The Balaban J connectivity index is 1.50. The Hall–Kier alpha value is -1.69. The number of aromatic nitrogens is 3. The van der Waals surface area contributed by atoms with Crippen molar-refractivity contribution in [3.63, 3.8) is 0 Å². The lowest BCUT2D eigenvalue weighted by molar-refractivity contribution is -0.127. The molecule has 6 heteroatoms. The van der Waals surface area contributed by atoms with Crippen LogP contribution in [0.2, 0.25) is 0 Å². The van der Waals surface area contributed by atoms with Crippen LogP contribution in [-0.2, 0) is 9.53 Å². The zero-order valence-corrected chi connectivity index (χ0v) is 15.2. The summed E-state index contributed by atoms with van der Waals surface area (Å²) < 4.78 is 5.54. The molecule has 1 amide bonds.